The van der Waals surface area contributed by atoms with E-state index in [2.05, 4.69) is 42.3 Å². The summed E-state index contributed by atoms with van der Waals surface area (Å²) in [6.45, 7) is 5.83. The molecule has 0 saturated carbocycles. The molecule has 0 aliphatic rings. The second kappa shape index (κ2) is 6.91. The molecule has 0 amide bonds. The van der Waals surface area contributed by atoms with E-state index in [1.54, 1.807) is 12.1 Å². The van der Waals surface area contributed by atoms with Crippen LogP contribution in [0.4, 0.5) is 0 Å². The Labute approximate surface area is 158 Å². The Kier molecular flexibility index (Phi) is 4.44. The van der Waals surface area contributed by atoms with Gasteiger partial charge in [-0.05, 0) is 36.3 Å². The van der Waals surface area contributed by atoms with Crippen molar-refractivity contribution in [2.75, 3.05) is 0 Å². The molecule has 0 aliphatic carbocycles. The third kappa shape index (κ3) is 2.89. The molecule has 3 aromatic carbocycles. The zero-order valence-corrected chi connectivity index (χ0v) is 15.1. The number of rotatable bonds is 4. The van der Waals surface area contributed by atoms with Crippen LogP contribution in [0, 0.1) is 0 Å². The minimum Gasteiger partial charge on any atom is -0.423 e. The lowest BCUT2D eigenvalue weighted by molar-refractivity contribution is 0.426. The van der Waals surface area contributed by atoms with Gasteiger partial charge in [0.05, 0.1) is 11.0 Å². The molecule has 0 saturated heterocycles. The fourth-order valence-electron chi connectivity index (χ4n) is 3.68. The predicted octanol–water partition coefficient (Wildman–Crippen LogP) is 4.05. The first-order chi connectivity index (χ1) is 13.1. The van der Waals surface area contributed by atoms with Crippen molar-refractivity contribution in [2.45, 2.75) is 6.92 Å². The number of hydrogen-bond acceptors (Lipinski definition) is 2. The number of hydrogen-bond donors (Lipinski definition) is 2. The first-order valence-electron chi connectivity index (χ1n) is 8.90. The van der Waals surface area contributed by atoms with E-state index < -0.39 is 7.12 Å². The summed E-state index contributed by atoms with van der Waals surface area (Å²) in [5.41, 5.74) is 5.53. The highest BCUT2D eigenvalue weighted by molar-refractivity contribution is 6.62. The number of benzene rings is 3. The van der Waals surface area contributed by atoms with E-state index in [1.165, 1.54) is 0 Å². The number of nitrogens with zero attached hydrogens (tertiary/aromatic N) is 1. The van der Waals surface area contributed by atoms with E-state index in [4.69, 9.17) is 0 Å². The zero-order chi connectivity index (χ0) is 19.0. The molecule has 1 heterocycles. The van der Waals surface area contributed by atoms with Crippen LogP contribution >= 0.6 is 0 Å². The first-order valence-corrected chi connectivity index (χ1v) is 8.90. The standard InChI is InChI=1S/C23H20BNO2/c1-3-8-16(2)17-9-6-10-18(15-17)25-22-14-5-4-11-19(22)20-12-7-13-21(23(20)25)24(26)27/h3-15,26-27H,1H2,2H3/b16-8+. The van der Waals surface area contributed by atoms with Crippen LogP contribution in [0.15, 0.2) is 85.5 Å². The van der Waals surface area contributed by atoms with Gasteiger partial charge in [-0.2, -0.15) is 0 Å². The van der Waals surface area contributed by atoms with Crippen LogP contribution in [-0.4, -0.2) is 21.7 Å². The molecule has 27 heavy (non-hydrogen) atoms. The molecule has 0 atom stereocenters. The lowest BCUT2D eigenvalue weighted by Gasteiger charge is -2.12. The summed E-state index contributed by atoms with van der Waals surface area (Å²) in [5.74, 6) is 0. The summed E-state index contributed by atoms with van der Waals surface area (Å²) in [6.07, 6.45) is 3.76. The molecule has 4 heteroatoms. The van der Waals surface area contributed by atoms with Crippen LogP contribution in [-0.2, 0) is 0 Å². The first kappa shape index (κ1) is 17.3. The van der Waals surface area contributed by atoms with Gasteiger partial charge in [-0.15, -0.1) is 0 Å². The minimum absolute atomic E-state index is 0.493. The summed E-state index contributed by atoms with van der Waals surface area (Å²) in [7, 11) is -1.54. The molecular formula is C23H20BNO2. The lowest BCUT2D eigenvalue weighted by atomic mass is 9.79. The average molecular weight is 353 g/mol. The van der Waals surface area contributed by atoms with E-state index in [-0.39, 0.29) is 0 Å². The van der Waals surface area contributed by atoms with Gasteiger partial charge < -0.3 is 14.6 Å². The monoisotopic (exact) mass is 353 g/mol. The van der Waals surface area contributed by atoms with Gasteiger partial charge in [-0.3, -0.25) is 0 Å². The van der Waals surface area contributed by atoms with E-state index >= 15 is 0 Å². The molecule has 0 radical (unpaired) electrons. The van der Waals surface area contributed by atoms with Crippen molar-refractivity contribution < 1.29 is 10.0 Å². The van der Waals surface area contributed by atoms with Crippen molar-refractivity contribution in [3.05, 3.63) is 91.0 Å². The van der Waals surface area contributed by atoms with E-state index in [0.29, 0.717) is 5.46 Å². The van der Waals surface area contributed by atoms with Crippen LogP contribution < -0.4 is 5.46 Å². The third-order valence-corrected chi connectivity index (χ3v) is 4.93. The summed E-state index contributed by atoms with van der Waals surface area (Å²) < 4.78 is 2.10. The van der Waals surface area contributed by atoms with E-state index in [1.807, 2.05) is 42.5 Å². The molecule has 132 valence electrons. The molecule has 4 aromatic rings. The molecule has 4 rings (SSSR count). The number of aromatic nitrogens is 1. The van der Waals surface area contributed by atoms with Crippen LogP contribution in [0.1, 0.15) is 12.5 Å². The summed E-state index contributed by atoms with van der Waals surface area (Å²) in [4.78, 5) is 0. The van der Waals surface area contributed by atoms with E-state index in [9.17, 15) is 10.0 Å². The Morgan fingerprint density at radius 1 is 0.963 bits per heavy atom. The Hall–Kier alpha value is -3.08. The number of fused-ring (bicyclic) bond motifs is 3. The van der Waals surface area contributed by atoms with Crippen molar-refractivity contribution in [3.8, 4) is 5.69 Å². The van der Waals surface area contributed by atoms with Crippen molar-refractivity contribution >= 4 is 40.0 Å². The van der Waals surface area contributed by atoms with Crippen LogP contribution in [0.25, 0.3) is 33.1 Å². The summed E-state index contributed by atoms with van der Waals surface area (Å²) in [6, 6.07) is 22.0. The van der Waals surface area contributed by atoms with Gasteiger partial charge >= 0.3 is 7.12 Å². The zero-order valence-electron chi connectivity index (χ0n) is 15.1. The SMILES string of the molecule is C=C/C=C(\C)c1cccc(-n2c3ccccc3c3cccc(B(O)O)c32)c1. The highest BCUT2D eigenvalue weighted by atomic mass is 16.4. The van der Waals surface area contributed by atoms with Gasteiger partial charge in [-0.25, -0.2) is 0 Å². The maximum atomic E-state index is 9.95. The third-order valence-electron chi connectivity index (χ3n) is 4.93. The van der Waals surface area contributed by atoms with Gasteiger partial charge in [0, 0.05) is 21.9 Å². The molecule has 0 bridgehead atoms. The van der Waals surface area contributed by atoms with Crippen LogP contribution in [0.5, 0.6) is 0 Å². The highest BCUT2D eigenvalue weighted by Gasteiger charge is 2.21. The molecule has 1 aromatic heterocycles. The quantitative estimate of drug-likeness (QED) is 0.429. The number of para-hydroxylation sites is 2. The molecule has 0 spiro atoms. The Bertz CT molecular complexity index is 1190. The predicted molar refractivity (Wildman–Crippen MR) is 114 cm³/mol. The minimum atomic E-state index is -1.54. The van der Waals surface area contributed by atoms with Gasteiger partial charge in [0.25, 0.3) is 0 Å². The van der Waals surface area contributed by atoms with Crippen LogP contribution in [0.2, 0.25) is 0 Å². The molecular weight excluding hydrogens is 333 g/mol. The summed E-state index contributed by atoms with van der Waals surface area (Å²) >= 11 is 0. The van der Waals surface area contributed by atoms with E-state index in [0.717, 1.165) is 38.6 Å². The molecule has 2 N–H and O–H groups in total. The highest BCUT2D eigenvalue weighted by Crippen LogP contribution is 2.31. The Morgan fingerprint density at radius 3 is 2.48 bits per heavy atom. The fraction of sp³-hybridized carbons (Fsp3) is 0.0435. The maximum absolute atomic E-state index is 9.95. The fourth-order valence-corrected chi connectivity index (χ4v) is 3.68. The number of allylic oxidation sites excluding steroid dienone is 3. The van der Waals surface area contributed by atoms with Crippen molar-refractivity contribution in [1.82, 2.24) is 4.57 Å². The van der Waals surface area contributed by atoms with Gasteiger partial charge in [-0.1, -0.05) is 67.3 Å². The Morgan fingerprint density at radius 2 is 1.70 bits per heavy atom. The largest absolute Gasteiger partial charge is 0.490 e. The Balaban J connectivity index is 2.11. The summed E-state index contributed by atoms with van der Waals surface area (Å²) in [5, 5.41) is 22.0. The molecule has 0 unspecified atom stereocenters. The second-order valence-corrected chi connectivity index (χ2v) is 6.61. The second-order valence-electron chi connectivity index (χ2n) is 6.61. The van der Waals surface area contributed by atoms with Gasteiger partial charge in [0.1, 0.15) is 0 Å². The average Bonchev–Trinajstić information content (AvgIpc) is 3.02. The lowest BCUT2D eigenvalue weighted by Crippen LogP contribution is -2.31. The smallest absolute Gasteiger partial charge is 0.423 e. The normalized spacial score (nSPS) is 11.9. The molecule has 0 fully saturated rings. The topological polar surface area (TPSA) is 45.4 Å². The van der Waals surface area contributed by atoms with Crippen LogP contribution in [0.3, 0.4) is 0 Å². The van der Waals surface area contributed by atoms with Crippen molar-refractivity contribution in [3.63, 3.8) is 0 Å². The maximum Gasteiger partial charge on any atom is 0.490 e. The van der Waals surface area contributed by atoms with Gasteiger partial charge in [0.15, 0.2) is 0 Å². The van der Waals surface area contributed by atoms with Gasteiger partial charge in [0.2, 0.25) is 0 Å². The van der Waals surface area contributed by atoms with Crippen molar-refractivity contribution in [2.24, 2.45) is 0 Å². The molecule has 0 aliphatic heterocycles. The van der Waals surface area contributed by atoms with Crippen molar-refractivity contribution in [1.29, 1.82) is 0 Å². The molecule has 3 nitrogen and oxygen atoms in total.